The lowest BCUT2D eigenvalue weighted by Crippen LogP contribution is -2.43. The van der Waals surface area contributed by atoms with E-state index in [1.54, 1.807) is 27.7 Å². The van der Waals surface area contributed by atoms with Crippen LogP contribution in [-0.4, -0.2) is 44.1 Å². The Morgan fingerprint density at radius 2 is 1.58 bits per heavy atom. The summed E-state index contributed by atoms with van der Waals surface area (Å²) in [4.78, 5) is -0.392. The molecule has 144 valence electrons. The maximum atomic E-state index is 13.3. The summed E-state index contributed by atoms with van der Waals surface area (Å²) >= 11 is 0. The van der Waals surface area contributed by atoms with Crippen molar-refractivity contribution >= 4 is 22.6 Å². The fourth-order valence-electron chi connectivity index (χ4n) is 2.73. The van der Waals surface area contributed by atoms with Crippen molar-refractivity contribution in [3.63, 3.8) is 0 Å². The van der Waals surface area contributed by atoms with Crippen LogP contribution in [-0.2, 0) is 25.5 Å². The fraction of sp³-hybridized carbons (Fsp3) is 0.625. The molecule has 2 heterocycles. The van der Waals surface area contributed by atoms with E-state index in [1.807, 2.05) is 0 Å². The van der Waals surface area contributed by atoms with Gasteiger partial charge in [-0.1, -0.05) is 6.07 Å². The summed E-state index contributed by atoms with van der Waals surface area (Å²) in [7, 11) is -5.05. The van der Waals surface area contributed by atoms with Gasteiger partial charge < -0.3 is 9.31 Å². The van der Waals surface area contributed by atoms with Crippen molar-refractivity contribution in [2.75, 3.05) is 13.1 Å². The maximum Gasteiger partial charge on any atom is 0.494 e. The second-order valence-corrected chi connectivity index (χ2v) is 9.57. The molecule has 0 aliphatic carbocycles. The first-order chi connectivity index (χ1) is 11.7. The predicted molar refractivity (Wildman–Crippen MR) is 90.5 cm³/mol. The van der Waals surface area contributed by atoms with Crippen molar-refractivity contribution in [2.45, 2.75) is 56.4 Å². The lowest BCUT2D eigenvalue weighted by atomic mass is 9.78. The van der Waals surface area contributed by atoms with Crippen LogP contribution in [0.15, 0.2) is 23.1 Å². The van der Waals surface area contributed by atoms with E-state index in [0.29, 0.717) is 25.6 Å². The summed E-state index contributed by atoms with van der Waals surface area (Å²) in [5, 5.41) is 0. The summed E-state index contributed by atoms with van der Waals surface area (Å²) in [6.07, 6.45) is -3.98. The van der Waals surface area contributed by atoms with E-state index in [9.17, 15) is 21.6 Å². The van der Waals surface area contributed by atoms with Gasteiger partial charge in [-0.2, -0.15) is 17.5 Å². The quantitative estimate of drug-likeness (QED) is 0.743. The lowest BCUT2D eigenvalue weighted by molar-refractivity contribution is -0.137. The minimum atomic E-state index is -4.68. The molecule has 0 bridgehead atoms. The minimum absolute atomic E-state index is 0.0394. The van der Waals surface area contributed by atoms with Gasteiger partial charge in [-0.25, -0.2) is 8.42 Å². The molecule has 1 aromatic rings. The monoisotopic (exact) mass is 391 g/mol. The van der Waals surface area contributed by atoms with Crippen molar-refractivity contribution in [3.05, 3.63) is 23.8 Å². The van der Waals surface area contributed by atoms with Crippen LogP contribution in [0.5, 0.6) is 0 Å². The second kappa shape index (κ2) is 5.95. The Morgan fingerprint density at radius 3 is 2.00 bits per heavy atom. The Labute approximate surface area is 151 Å². The third-order valence-electron chi connectivity index (χ3n) is 5.23. The van der Waals surface area contributed by atoms with E-state index in [4.69, 9.17) is 9.31 Å². The first-order valence-electron chi connectivity index (χ1n) is 8.32. The van der Waals surface area contributed by atoms with Gasteiger partial charge >= 0.3 is 13.3 Å². The summed E-state index contributed by atoms with van der Waals surface area (Å²) in [6, 6.07) is 2.77. The van der Waals surface area contributed by atoms with Gasteiger partial charge in [0.25, 0.3) is 0 Å². The number of halogens is 3. The zero-order valence-electron chi connectivity index (χ0n) is 15.1. The Kier molecular flexibility index (Phi) is 4.50. The molecule has 0 radical (unpaired) electrons. The van der Waals surface area contributed by atoms with E-state index < -0.39 is 45.0 Å². The molecule has 0 N–H and O–H groups in total. The number of alkyl halides is 3. The van der Waals surface area contributed by atoms with Gasteiger partial charge in [0.05, 0.1) is 21.7 Å². The van der Waals surface area contributed by atoms with E-state index in [1.165, 1.54) is 6.07 Å². The SMILES string of the molecule is CC1(C)OB(c2cc(C(F)(F)F)cc(S(=O)(=O)N3CCC3)c2)OC1(C)C. The van der Waals surface area contributed by atoms with Crippen molar-refractivity contribution in [2.24, 2.45) is 0 Å². The molecule has 5 nitrogen and oxygen atoms in total. The van der Waals surface area contributed by atoms with Crippen LogP contribution < -0.4 is 5.46 Å². The Hall–Kier alpha value is -1.10. The van der Waals surface area contributed by atoms with Gasteiger partial charge in [-0.3, -0.25) is 0 Å². The van der Waals surface area contributed by atoms with Crippen molar-refractivity contribution in [1.29, 1.82) is 0 Å². The van der Waals surface area contributed by atoms with Crippen LogP contribution in [0.25, 0.3) is 0 Å². The van der Waals surface area contributed by atoms with Crippen LogP contribution in [0.3, 0.4) is 0 Å². The highest BCUT2D eigenvalue weighted by Crippen LogP contribution is 2.37. The Bertz CT molecular complexity index is 803. The molecule has 0 amide bonds. The van der Waals surface area contributed by atoms with Crippen LogP contribution in [0.1, 0.15) is 39.7 Å². The number of nitrogens with zero attached hydrogens (tertiary/aromatic N) is 1. The molecule has 0 aromatic heterocycles. The van der Waals surface area contributed by atoms with Crippen LogP contribution >= 0.6 is 0 Å². The molecule has 1 aromatic carbocycles. The standard InChI is InChI=1S/C16H21BF3NO4S/c1-14(2)15(3,4)25-17(24-14)12-8-11(16(18,19)20)9-13(10-12)26(22,23)21-6-5-7-21/h8-10H,5-7H2,1-4H3. The van der Waals surface area contributed by atoms with Gasteiger partial charge in [-0.05, 0) is 51.7 Å². The van der Waals surface area contributed by atoms with Gasteiger partial charge in [-0.15, -0.1) is 0 Å². The van der Waals surface area contributed by atoms with Gasteiger partial charge in [0, 0.05) is 13.1 Å². The van der Waals surface area contributed by atoms with Gasteiger partial charge in [0.2, 0.25) is 10.0 Å². The first-order valence-corrected chi connectivity index (χ1v) is 9.76. The topological polar surface area (TPSA) is 55.8 Å². The number of rotatable bonds is 3. The zero-order chi connectivity index (χ0) is 19.5. The molecule has 2 aliphatic rings. The molecule has 0 saturated carbocycles. The summed E-state index contributed by atoms with van der Waals surface area (Å²) < 4.78 is 77.9. The van der Waals surface area contributed by atoms with E-state index in [2.05, 4.69) is 0 Å². The summed E-state index contributed by atoms with van der Waals surface area (Å²) in [6.45, 7) is 7.72. The highest BCUT2D eigenvalue weighted by atomic mass is 32.2. The van der Waals surface area contributed by atoms with Crippen LogP contribution in [0.2, 0.25) is 0 Å². The molecule has 0 atom stereocenters. The highest BCUT2D eigenvalue weighted by Gasteiger charge is 2.52. The number of hydrogen-bond donors (Lipinski definition) is 0. The Morgan fingerprint density at radius 1 is 1.04 bits per heavy atom. The molecule has 2 aliphatic heterocycles. The average molecular weight is 391 g/mol. The Balaban J connectivity index is 2.07. The predicted octanol–water partition coefficient (Wildman–Crippen LogP) is 2.40. The smallest absolute Gasteiger partial charge is 0.399 e. The van der Waals surface area contributed by atoms with E-state index >= 15 is 0 Å². The average Bonchev–Trinajstić information content (AvgIpc) is 2.63. The highest BCUT2D eigenvalue weighted by molar-refractivity contribution is 7.89. The maximum absolute atomic E-state index is 13.3. The van der Waals surface area contributed by atoms with E-state index in [-0.39, 0.29) is 5.46 Å². The molecule has 26 heavy (non-hydrogen) atoms. The molecule has 10 heteroatoms. The van der Waals surface area contributed by atoms with Crippen molar-refractivity contribution in [1.82, 2.24) is 4.31 Å². The minimum Gasteiger partial charge on any atom is -0.399 e. The number of sulfonamides is 1. The van der Waals surface area contributed by atoms with Crippen LogP contribution in [0, 0.1) is 0 Å². The first kappa shape index (κ1) is 19.7. The third kappa shape index (κ3) is 3.28. The summed E-state index contributed by atoms with van der Waals surface area (Å²) in [5.41, 5.74) is -2.49. The van der Waals surface area contributed by atoms with Gasteiger partial charge in [0.15, 0.2) is 0 Å². The molecule has 3 rings (SSSR count). The summed E-state index contributed by atoms with van der Waals surface area (Å²) in [5.74, 6) is 0. The third-order valence-corrected chi connectivity index (χ3v) is 7.11. The molecule has 0 unspecified atom stereocenters. The molecular formula is C16H21BF3NO4S. The van der Waals surface area contributed by atoms with E-state index in [0.717, 1.165) is 10.4 Å². The zero-order valence-corrected chi connectivity index (χ0v) is 15.9. The molecular weight excluding hydrogens is 370 g/mol. The lowest BCUT2D eigenvalue weighted by Gasteiger charge is -2.32. The fourth-order valence-corrected chi connectivity index (χ4v) is 4.32. The molecule has 0 spiro atoms. The van der Waals surface area contributed by atoms with Crippen LogP contribution in [0.4, 0.5) is 13.2 Å². The van der Waals surface area contributed by atoms with Crippen molar-refractivity contribution < 1.29 is 30.9 Å². The normalized spacial score (nSPS) is 23.1. The number of benzene rings is 1. The largest absolute Gasteiger partial charge is 0.494 e. The second-order valence-electron chi connectivity index (χ2n) is 7.63. The van der Waals surface area contributed by atoms with Gasteiger partial charge in [0.1, 0.15) is 0 Å². The molecule has 2 fully saturated rings. The number of hydrogen-bond acceptors (Lipinski definition) is 4. The molecule has 2 saturated heterocycles. The van der Waals surface area contributed by atoms with Crippen molar-refractivity contribution in [3.8, 4) is 0 Å².